The van der Waals surface area contributed by atoms with E-state index >= 15 is 0 Å². The quantitative estimate of drug-likeness (QED) is 0.538. The molecule has 1 unspecified atom stereocenters. The summed E-state index contributed by atoms with van der Waals surface area (Å²) in [6.45, 7) is 1.04. The first kappa shape index (κ1) is 20.0. The number of halogens is 3. The average Bonchev–Trinajstić information content (AvgIpc) is 2.82. The Bertz CT molecular complexity index is 533. The molecule has 0 aliphatic carbocycles. The molecular weight excluding hydrogens is 363 g/mol. The first-order chi connectivity index (χ1) is 10.6. The van der Waals surface area contributed by atoms with E-state index in [4.69, 9.17) is 27.9 Å². The SMILES string of the molecule is COc1ccc(N2C(=O)CC(N(CCCl)CCCl)C2=O)cc1.Cl. The van der Waals surface area contributed by atoms with Crippen LogP contribution in [0.2, 0.25) is 0 Å². The van der Waals surface area contributed by atoms with Crippen molar-refractivity contribution < 1.29 is 14.3 Å². The number of anilines is 1. The Morgan fingerprint density at radius 2 is 1.74 bits per heavy atom. The number of ether oxygens (including phenoxy) is 1. The molecule has 1 saturated heterocycles. The van der Waals surface area contributed by atoms with Crippen molar-refractivity contribution in [1.82, 2.24) is 4.90 Å². The molecule has 2 rings (SSSR count). The van der Waals surface area contributed by atoms with E-state index in [0.29, 0.717) is 36.3 Å². The number of amides is 2. The van der Waals surface area contributed by atoms with Gasteiger partial charge in [-0.2, -0.15) is 0 Å². The van der Waals surface area contributed by atoms with Crippen LogP contribution in [0, 0.1) is 0 Å². The van der Waals surface area contributed by atoms with Crippen LogP contribution in [0.4, 0.5) is 5.69 Å². The van der Waals surface area contributed by atoms with Crippen molar-refractivity contribution in [2.75, 3.05) is 36.9 Å². The number of alkyl halides is 2. The molecule has 5 nitrogen and oxygen atoms in total. The van der Waals surface area contributed by atoms with Crippen molar-refractivity contribution in [2.24, 2.45) is 0 Å². The van der Waals surface area contributed by atoms with Gasteiger partial charge in [0.2, 0.25) is 5.91 Å². The second-order valence-corrected chi connectivity index (χ2v) is 5.66. The van der Waals surface area contributed by atoms with Crippen LogP contribution >= 0.6 is 35.6 Å². The molecule has 1 fully saturated rings. The molecule has 2 amide bonds. The van der Waals surface area contributed by atoms with Crippen molar-refractivity contribution in [2.45, 2.75) is 12.5 Å². The van der Waals surface area contributed by atoms with Gasteiger partial charge in [0.25, 0.3) is 5.91 Å². The second-order valence-electron chi connectivity index (χ2n) is 4.90. The summed E-state index contributed by atoms with van der Waals surface area (Å²) >= 11 is 11.5. The first-order valence-corrected chi connectivity index (χ1v) is 8.06. The molecule has 0 radical (unpaired) electrons. The van der Waals surface area contributed by atoms with Crippen LogP contribution in [0.3, 0.4) is 0 Å². The molecule has 1 aromatic carbocycles. The summed E-state index contributed by atoms with van der Waals surface area (Å²) in [6, 6.07) is 6.35. The van der Waals surface area contributed by atoms with Gasteiger partial charge in [-0.25, -0.2) is 4.90 Å². The minimum absolute atomic E-state index is 0. The summed E-state index contributed by atoms with van der Waals surface area (Å²) in [6.07, 6.45) is 0.151. The van der Waals surface area contributed by atoms with Crippen molar-refractivity contribution >= 4 is 53.1 Å². The number of rotatable bonds is 7. The van der Waals surface area contributed by atoms with E-state index in [1.807, 2.05) is 4.90 Å². The van der Waals surface area contributed by atoms with Crippen LogP contribution in [0.15, 0.2) is 24.3 Å². The topological polar surface area (TPSA) is 49.9 Å². The Hall–Kier alpha value is -1.01. The number of methoxy groups -OCH3 is 1. The lowest BCUT2D eigenvalue weighted by Gasteiger charge is -2.25. The third kappa shape index (κ3) is 4.51. The van der Waals surface area contributed by atoms with Gasteiger partial charge in [0, 0.05) is 24.8 Å². The normalized spacial score (nSPS) is 17.6. The molecule has 23 heavy (non-hydrogen) atoms. The Morgan fingerprint density at radius 1 is 1.17 bits per heavy atom. The Balaban J connectivity index is 0.00000264. The average molecular weight is 382 g/mol. The summed E-state index contributed by atoms with van der Waals surface area (Å²) in [5.74, 6) is 0.999. The highest BCUT2D eigenvalue weighted by atomic mass is 35.5. The van der Waals surface area contributed by atoms with Crippen molar-refractivity contribution in [1.29, 1.82) is 0 Å². The zero-order chi connectivity index (χ0) is 16.1. The molecule has 0 bridgehead atoms. The fourth-order valence-electron chi connectivity index (χ4n) is 2.54. The van der Waals surface area contributed by atoms with Gasteiger partial charge in [-0.3, -0.25) is 14.5 Å². The van der Waals surface area contributed by atoms with Crippen LogP contribution in [0.5, 0.6) is 5.75 Å². The summed E-state index contributed by atoms with van der Waals surface area (Å²) in [4.78, 5) is 27.9. The van der Waals surface area contributed by atoms with Crippen LogP contribution in [0.25, 0.3) is 0 Å². The first-order valence-electron chi connectivity index (χ1n) is 6.99. The zero-order valence-electron chi connectivity index (χ0n) is 12.7. The summed E-state index contributed by atoms with van der Waals surface area (Å²) in [7, 11) is 1.56. The molecule has 0 spiro atoms. The molecular formula is C15H19Cl3N2O3. The second kappa shape index (κ2) is 9.33. The maximum Gasteiger partial charge on any atom is 0.251 e. The largest absolute Gasteiger partial charge is 0.497 e. The summed E-state index contributed by atoms with van der Waals surface area (Å²) < 4.78 is 5.08. The van der Waals surface area contributed by atoms with Gasteiger partial charge >= 0.3 is 0 Å². The van der Waals surface area contributed by atoms with Crippen molar-refractivity contribution in [3.05, 3.63) is 24.3 Å². The monoisotopic (exact) mass is 380 g/mol. The number of hydrogen-bond donors (Lipinski definition) is 0. The lowest BCUT2D eigenvalue weighted by molar-refractivity contribution is -0.122. The van der Waals surface area contributed by atoms with Crippen molar-refractivity contribution in [3.8, 4) is 5.75 Å². The van der Waals surface area contributed by atoms with Gasteiger partial charge in [0.15, 0.2) is 0 Å². The number of nitrogens with zero attached hydrogens (tertiary/aromatic N) is 2. The highest BCUT2D eigenvalue weighted by Crippen LogP contribution is 2.27. The maximum atomic E-state index is 12.6. The van der Waals surface area contributed by atoms with Crippen LogP contribution in [-0.4, -0.2) is 54.7 Å². The third-order valence-corrected chi connectivity index (χ3v) is 3.98. The van der Waals surface area contributed by atoms with Crippen LogP contribution in [0.1, 0.15) is 6.42 Å². The van der Waals surface area contributed by atoms with E-state index in [1.165, 1.54) is 4.90 Å². The third-order valence-electron chi connectivity index (χ3n) is 3.64. The zero-order valence-corrected chi connectivity index (χ0v) is 15.0. The van der Waals surface area contributed by atoms with Gasteiger partial charge in [0.05, 0.1) is 25.3 Å². The molecule has 1 heterocycles. The fourth-order valence-corrected chi connectivity index (χ4v) is 2.98. The van der Waals surface area contributed by atoms with Crippen LogP contribution < -0.4 is 9.64 Å². The van der Waals surface area contributed by atoms with Gasteiger partial charge in [-0.1, -0.05) is 0 Å². The van der Waals surface area contributed by atoms with Crippen LogP contribution in [-0.2, 0) is 9.59 Å². The molecule has 128 valence electrons. The highest BCUT2D eigenvalue weighted by molar-refractivity contribution is 6.22. The van der Waals surface area contributed by atoms with E-state index in [9.17, 15) is 9.59 Å². The lowest BCUT2D eigenvalue weighted by atomic mass is 10.2. The Morgan fingerprint density at radius 3 is 2.22 bits per heavy atom. The number of hydrogen-bond acceptors (Lipinski definition) is 4. The molecule has 0 aromatic heterocycles. The molecule has 1 aliphatic rings. The maximum absolute atomic E-state index is 12.6. The lowest BCUT2D eigenvalue weighted by Crippen LogP contribution is -2.44. The van der Waals surface area contributed by atoms with Gasteiger partial charge < -0.3 is 4.74 Å². The highest BCUT2D eigenvalue weighted by Gasteiger charge is 2.42. The number of carbonyl (C=O) groups excluding carboxylic acids is 2. The predicted molar refractivity (Wildman–Crippen MR) is 94.2 cm³/mol. The minimum Gasteiger partial charge on any atom is -0.497 e. The van der Waals surface area contributed by atoms with E-state index in [2.05, 4.69) is 0 Å². The van der Waals surface area contributed by atoms with Crippen molar-refractivity contribution in [3.63, 3.8) is 0 Å². The minimum atomic E-state index is -0.493. The molecule has 1 aliphatic heterocycles. The summed E-state index contributed by atoms with van der Waals surface area (Å²) in [5, 5.41) is 0. The standard InChI is InChI=1S/C15H18Cl2N2O3.ClH/c1-22-12-4-2-11(3-5-12)19-14(20)10-13(15(19)21)18(8-6-16)9-7-17;/h2-5,13H,6-10H2,1H3;1H. The molecule has 0 N–H and O–H groups in total. The molecule has 1 atom stereocenters. The van der Waals surface area contributed by atoms with Gasteiger partial charge in [-0.15, -0.1) is 35.6 Å². The van der Waals surface area contributed by atoms with E-state index in [0.717, 1.165) is 0 Å². The van der Waals surface area contributed by atoms with Gasteiger partial charge in [-0.05, 0) is 24.3 Å². The number of carbonyl (C=O) groups is 2. The predicted octanol–water partition coefficient (Wildman–Crippen LogP) is 2.53. The molecule has 1 aromatic rings. The van der Waals surface area contributed by atoms with E-state index in [-0.39, 0.29) is 30.6 Å². The Kier molecular flexibility index (Phi) is 8.12. The summed E-state index contributed by atoms with van der Waals surface area (Å²) in [5.41, 5.74) is 0.551. The van der Waals surface area contributed by atoms with E-state index < -0.39 is 6.04 Å². The fraction of sp³-hybridized carbons (Fsp3) is 0.467. The Labute approximate surface area is 151 Å². The van der Waals surface area contributed by atoms with Gasteiger partial charge in [0.1, 0.15) is 5.75 Å². The molecule has 8 heteroatoms. The smallest absolute Gasteiger partial charge is 0.251 e. The molecule has 0 saturated carbocycles. The number of benzene rings is 1. The number of imide groups is 1. The van der Waals surface area contributed by atoms with E-state index in [1.54, 1.807) is 31.4 Å².